The molecule has 3 N–H and O–H groups in total. The molecule has 0 unspecified atom stereocenters. The van der Waals surface area contributed by atoms with Gasteiger partial charge in [0, 0.05) is 19.2 Å². The Morgan fingerprint density at radius 3 is 2.57 bits per heavy atom. The van der Waals surface area contributed by atoms with Gasteiger partial charge in [-0.1, -0.05) is 29.8 Å². The van der Waals surface area contributed by atoms with E-state index < -0.39 is 0 Å². The van der Waals surface area contributed by atoms with E-state index in [1.165, 1.54) is 0 Å². The van der Waals surface area contributed by atoms with E-state index in [1.807, 2.05) is 32.0 Å². The molecule has 1 aromatic carbocycles. The first kappa shape index (κ1) is 18.7. The summed E-state index contributed by atoms with van der Waals surface area (Å²) in [6, 6.07) is 9.50. The zero-order valence-electron chi connectivity index (χ0n) is 16.3. The summed E-state index contributed by atoms with van der Waals surface area (Å²) in [5, 5.41) is 19.8. The van der Waals surface area contributed by atoms with Crippen LogP contribution >= 0.6 is 0 Å². The fourth-order valence-corrected chi connectivity index (χ4v) is 4.42. The predicted octanol–water partition coefficient (Wildman–Crippen LogP) is 1.66. The maximum atomic E-state index is 13.0. The van der Waals surface area contributed by atoms with Crippen molar-refractivity contribution in [1.82, 2.24) is 20.4 Å². The van der Waals surface area contributed by atoms with Crippen molar-refractivity contribution in [3.8, 4) is 0 Å². The highest BCUT2D eigenvalue weighted by Crippen LogP contribution is 2.52. The highest BCUT2D eigenvalue weighted by Gasteiger charge is 2.56. The van der Waals surface area contributed by atoms with E-state index >= 15 is 0 Å². The van der Waals surface area contributed by atoms with Crippen LogP contribution in [0.25, 0.3) is 0 Å². The Kier molecular flexibility index (Phi) is 4.71. The summed E-state index contributed by atoms with van der Waals surface area (Å²) in [5.74, 6) is 0.178. The van der Waals surface area contributed by atoms with E-state index in [1.54, 1.807) is 17.8 Å². The van der Waals surface area contributed by atoms with Crippen LogP contribution in [0.4, 0.5) is 0 Å². The Hall–Kier alpha value is -2.67. The van der Waals surface area contributed by atoms with Gasteiger partial charge in [0.05, 0.1) is 12.1 Å². The van der Waals surface area contributed by atoms with Crippen molar-refractivity contribution in [3.05, 3.63) is 52.8 Å². The molecular formula is C21H26N4O3. The van der Waals surface area contributed by atoms with Gasteiger partial charge in [0.15, 0.2) is 5.69 Å². The molecule has 2 fully saturated rings. The van der Waals surface area contributed by atoms with Crippen molar-refractivity contribution < 1.29 is 14.7 Å². The molecule has 2 amide bonds. The minimum atomic E-state index is -0.323. The zero-order valence-corrected chi connectivity index (χ0v) is 16.3. The molecule has 28 heavy (non-hydrogen) atoms. The molecule has 7 nitrogen and oxygen atoms in total. The van der Waals surface area contributed by atoms with Crippen molar-refractivity contribution >= 4 is 11.8 Å². The largest absolute Gasteiger partial charge is 0.393 e. The second-order valence-electron chi connectivity index (χ2n) is 7.98. The number of rotatable bonds is 5. The van der Waals surface area contributed by atoms with E-state index in [4.69, 9.17) is 0 Å². The molecule has 2 aromatic rings. The molecule has 2 saturated carbocycles. The lowest BCUT2D eigenvalue weighted by Crippen LogP contribution is -2.32. The van der Waals surface area contributed by atoms with Gasteiger partial charge in [-0.2, -0.15) is 5.10 Å². The number of fused-ring (bicyclic) bond motifs is 1. The zero-order chi connectivity index (χ0) is 20.0. The second kappa shape index (κ2) is 7.05. The first-order chi connectivity index (χ1) is 13.4. The van der Waals surface area contributed by atoms with Crippen LogP contribution in [0.2, 0.25) is 0 Å². The van der Waals surface area contributed by atoms with Crippen LogP contribution in [0.5, 0.6) is 0 Å². The second-order valence-corrected chi connectivity index (χ2v) is 7.98. The van der Waals surface area contributed by atoms with Gasteiger partial charge >= 0.3 is 0 Å². The Balaban J connectivity index is 1.61. The quantitative estimate of drug-likeness (QED) is 0.733. The van der Waals surface area contributed by atoms with E-state index in [0.29, 0.717) is 17.5 Å². The summed E-state index contributed by atoms with van der Waals surface area (Å²) < 4.78 is 1.63. The van der Waals surface area contributed by atoms with Gasteiger partial charge in [-0.05, 0) is 44.1 Å². The first-order valence-electron chi connectivity index (χ1n) is 9.76. The molecule has 0 bridgehead atoms. The van der Waals surface area contributed by atoms with Gasteiger partial charge in [0.2, 0.25) is 0 Å². The summed E-state index contributed by atoms with van der Waals surface area (Å²) in [4.78, 5) is 25.1. The smallest absolute Gasteiger partial charge is 0.271 e. The van der Waals surface area contributed by atoms with Crippen molar-refractivity contribution in [2.75, 3.05) is 7.05 Å². The molecule has 7 heteroatoms. The first-order valence-corrected chi connectivity index (χ1v) is 9.76. The average molecular weight is 382 g/mol. The van der Waals surface area contributed by atoms with Crippen LogP contribution in [-0.2, 0) is 0 Å². The molecule has 0 radical (unpaired) electrons. The lowest BCUT2D eigenvalue weighted by molar-refractivity contribution is 0.0923. The summed E-state index contributed by atoms with van der Waals surface area (Å²) >= 11 is 0. The van der Waals surface area contributed by atoms with Crippen LogP contribution in [0, 0.1) is 18.8 Å². The maximum absolute atomic E-state index is 13.0. The van der Waals surface area contributed by atoms with Crippen LogP contribution in [-0.4, -0.2) is 45.9 Å². The van der Waals surface area contributed by atoms with E-state index in [-0.39, 0.29) is 35.7 Å². The fraction of sp³-hybridized carbons (Fsp3) is 0.476. The summed E-state index contributed by atoms with van der Waals surface area (Å²) in [7, 11) is 1.54. The van der Waals surface area contributed by atoms with Crippen molar-refractivity contribution in [2.45, 2.75) is 44.9 Å². The normalized spacial score (nSPS) is 26.4. The third-order valence-electron chi connectivity index (χ3n) is 6.04. The predicted molar refractivity (Wildman–Crippen MR) is 104 cm³/mol. The van der Waals surface area contributed by atoms with Gasteiger partial charge in [-0.25, -0.2) is 0 Å². The number of hydrogen-bond acceptors (Lipinski definition) is 4. The third-order valence-corrected chi connectivity index (χ3v) is 6.04. The van der Waals surface area contributed by atoms with Gasteiger partial charge < -0.3 is 15.7 Å². The molecule has 0 aliphatic heterocycles. The van der Waals surface area contributed by atoms with Crippen molar-refractivity contribution in [3.63, 3.8) is 0 Å². The maximum Gasteiger partial charge on any atom is 0.271 e. The molecule has 2 aliphatic carbocycles. The Morgan fingerprint density at radius 2 is 1.93 bits per heavy atom. The number of aromatic nitrogens is 2. The van der Waals surface area contributed by atoms with Gasteiger partial charge in [0.25, 0.3) is 11.8 Å². The molecule has 1 heterocycles. The van der Waals surface area contributed by atoms with Gasteiger partial charge in [-0.3, -0.25) is 14.3 Å². The fourth-order valence-electron chi connectivity index (χ4n) is 4.42. The monoisotopic (exact) mass is 382 g/mol. The van der Waals surface area contributed by atoms with E-state index in [0.717, 1.165) is 24.0 Å². The van der Waals surface area contributed by atoms with Crippen LogP contribution in [0.3, 0.4) is 0 Å². The number of nitrogens with one attached hydrogen (secondary N) is 2. The number of aryl methyl sites for hydroxylation is 1. The van der Waals surface area contributed by atoms with Crippen molar-refractivity contribution in [1.29, 1.82) is 0 Å². The summed E-state index contributed by atoms with van der Waals surface area (Å²) in [6.45, 7) is 3.98. The van der Waals surface area contributed by atoms with Crippen LogP contribution in [0.1, 0.15) is 57.9 Å². The lowest BCUT2D eigenvalue weighted by atomic mass is 10.1. The molecule has 0 spiro atoms. The highest BCUT2D eigenvalue weighted by atomic mass is 16.3. The Morgan fingerprint density at radius 1 is 1.21 bits per heavy atom. The number of carbonyl (C=O) groups excluding carboxylic acids is 2. The standard InChI is InChI=1S/C21H26N4O3/c1-11-5-4-6-13(7-11)12(2)25-18(10-17(24-25)20(27)22-3)21(28)23-19-15-8-14(26)9-16(15)19/h4-7,10,12,14-16,19,26H,8-9H2,1-3H3,(H,22,27)(H,23,28)/t12-,14-,15-,16+,19+/m0/s1. The molecular weight excluding hydrogens is 356 g/mol. The van der Waals surface area contributed by atoms with Gasteiger partial charge in [0.1, 0.15) is 5.69 Å². The van der Waals surface area contributed by atoms with Gasteiger partial charge in [-0.15, -0.1) is 0 Å². The lowest BCUT2D eigenvalue weighted by Gasteiger charge is -2.17. The Labute approximate surface area is 164 Å². The topological polar surface area (TPSA) is 96.3 Å². The molecule has 2 aliphatic rings. The minimum Gasteiger partial charge on any atom is -0.393 e. The highest BCUT2D eigenvalue weighted by molar-refractivity contribution is 5.98. The number of benzene rings is 1. The molecule has 1 aromatic heterocycles. The number of aliphatic hydroxyl groups excluding tert-OH is 1. The Bertz CT molecular complexity index is 910. The van der Waals surface area contributed by atoms with Crippen LogP contribution < -0.4 is 10.6 Å². The third kappa shape index (κ3) is 3.30. The average Bonchev–Trinajstić information content (AvgIpc) is 3.06. The number of amides is 2. The molecule has 148 valence electrons. The summed E-state index contributed by atoms with van der Waals surface area (Å²) in [5.41, 5.74) is 2.74. The molecule has 4 rings (SSSR count). The number of carbonyl (C=O) groups is 2. The summed E-state index contributed by atoms with van der Waals surface area (Å²) in [6.07, 6.45) is 1.26. The van der Waals surface area contributed by atoms with E-state index in [2.05, 4.69) is 21.8 Å². The number of aliphatic hydroxyl groups is 1. The molecule has 0 saturated heterocycles. The number of hydrogen-bond donors (Lipinski definition) is 3. The minimum absolute atomic E-state index is 0.108. The molecule has 5 atom stereocenters. The SMILES string of the molecule is CNC(=O)c1cc(C(=O)N[C@H]2[C@@H]3C[C@@H](O)C[C@@H]32)n([C@@H](C)c2cccc(C)c2)n1. The van der Waals surface area contributed by atoms with Crippen molar-refractivity contribution in [2.24, 2.45) is 11.8 Å². The van der Waals surface area contributed by atoms with Crippen LogP contribution in [0.15, 0.2) is 30.3 Å². The van der Waals surface area contributed by atoms with E-state index in [9.17, 15) is 14.7 Å². The number of nitrogens with zero attached hydrogens (tertiary/aromatic N) is 2.